The largest absolute Gasteiger partial charge is 0.497 e. The van der Waals surface area contributed by atoms with Crippen LogP contribution in [-0.2, 0) is 14.1 Å². The van der Waals surface area contributed by atoms with Crippen molar-refractivity contribution in [2.45, 2.75) is 0 Å². The van der Waals surface area contributed by atoms with Gasteiger partial charge in [0.25, 0.3) is 5.56 Å². The Labute approximate surface area is 181 Å². The van der Waals surface area contributed by atoms with Gasteiger partial charge in [0.05, 0.1) is 12.8 Å². The zero-order chi connectivity index (χ0) is 21.9. The highest BCUT2D eigenvalue weighted by Gasteiger charge is 2.21. The fraction of sp³-hybridized carbons (Fsp3) is 0.136. The van der Waals surface area contributed by atoms with Gasteiger partial charge < -0.3 is 4.74 Å². The number of benzene rings is 2. The Morgan fingerprint density at radius 1 is 0.935 bits per heavy atom. The number of methoxy groups -OCH3 is 1. The number of halogens is 1. The zero-order valence-corrected chi connectivity index (χ0v) is 17.8. The molecule has 3 heterocycles. The van der Waals surface area contributed by atoms with Gasteiger partial charge in [0.15, 0.2) is 11.2 Å². The summed E-state index contributed by atoms with van der Waals surface area (Å²) in [6.45, 7) is 0. The molecule has 31 heavy (non-hydrogen) atoms. The average Bonchev–Trinajstić information content (AvgIpc) is 3.33. The first kappa shape index (κ1) is 19.2. The highest BCUT2D eigenvalue weighted by atomic mass is 35.5. The molecule has 0 aliphatic rings. The summed E-state index contributed by atoms with van der Waals surface area (Å²) in [7, 11) is 4.68. The number of imidazole rings is 2. The van der Waals surface area contributed by atoms with Gasteiger partial charge in [-0.1, -0.05) is 11.6 Å². The number of aromatic nitrogens is 5. The Bertz CT molecular complexity index is 1570. The molecular weight excluding hydrogens is 418 g/mol. The molecule has 0 N–H and O–H groups in total. The van der Waals surface area contributed by atoms with E-state index in [4.69, 9.17) is 16.3 Å². The fourth-order valence-corrected chi connectivity index (χ4v) is 3.91. The molecule has 0 bridgehead atoms. The van der Waals surface area contributed by atoms with E-state index >= 15 is 0 Å². The van der Waals surface area contributed by atoms with E-state index in [9.17, 15) is 9.59 Å². The number of nitrogens with zero attached hydrogens (tertiary/aromatic N) is 5. The molecule has 156 valence electrons. The molecule has 0 fully saturated rings. The average molecular weight is 436 g/mol. The maximum Gasteiger partial charge on any atom is 0.332 e. The van der Waals surface area contributed by atoms with E-state index < -0.39 is 11.2 Å². The first-order chi connectivity index (χ1) is 14.9. The van der Waals surface area contributed by atoms with E-state index in [1.807, 2.05) is 47.2 Å². The maximum atomic E-state index is 12.9. The topological polar surface area (TPSA) is 75.5 Å². The van der Waals surface area contributed by atoms with Gasteiger partial charge in [0, 0.05) is 36.6 Å². The number of ether oxygens (including phenoxy) is 1. The highest BCUT2D eigenvalue weighted by Crippen LogP contribution is 2.30. The van der Waals surface area contributed by atoms with Gasteiger partial charge in [-0.25, -0.2) is 4.79 Å². The second kappa shape index (κ2) is 6.88. The molecule has 5 rings (SSSR count). The van der Waals surface area contributed by atoms with Crippen molar-refractivity contribution in [1.82, 2.24) is 23.1 Å². The standard InChI is InChI=1S/C22H18ClN5O3/c1-25-19-18(20(29)26(2)22(25)30)27-12-17(13-4-10-16(31-3)11-5-13)28(21(27)24-19)15-8-6-14(23)7-9-15/h4-12H,1-3H3. The molecular formula is C22H18ClN5O3. The molecule has 0 saturated heterocycles. The van der Waals surface area contributed by atoms with Crippen LogP contribution in [0.2, 0.25) is 5.02 Å². The lowest BCUT2D eigenvalue weighted by atomic mass is 10.1. The number of aryl methyl sites for hydroxylation is 1. The summed E-state index contributed by atoms with van der Waals surface area (Å²) >= 11 is 6.10. The molecule has 0 aliphatic heterocycles. The van der Waals surface area contributed by atoms with Crippen LogP contribution in [0.5, 0.6) is 5.75 Å². The number of hydrogen-bond donors (Lipinski definition) is 0. The van der Waals surface area contributed by atoms with Crippen molar-refractivity contribution in [3.05, 3.63) is 80.6 Å². The maximum absolute atomic E-state index is 12.9. The minimum absolute atomic E-state index is 0.326. The van der Waals surface area contributed by atoms with Gasteiger partial charge in [-0.05, 0) is 48.5 Å². The normalized spacial score (nSPS) is 11.5. The van der Waals surface area contributed by atoms with Crippen molar-refractivity contribution in [3.8, 4) is 22.7 Å². The number of hydrogen-bond acceptors (Lipinski definition) is 4. The van der Waals surface area contributed by atoms with Crippen LogP contribution in [0, 0.1) is 0 Å². The monoisotopic (exact) mass is 435 g/mol. The summed E-state index contributed by atoms with van der Waals surface area (Å²) in [6, 6.07) is 15.0. The van der Waals surface area contributed by atoms with Crippen molar-refractivity contribution in [2.24, 2.45) is 14.1 Å². The van der Waals surface area contributed by atoms with Crippen LogP contribution >= 0.6 is 11.6 Å². The third-order valence-electron chi connectivity index (χ3n) is 5.44. The highest BCUT2D eigenvalue weighted by molar-refractivity contribution is 6.30. The van der Waals surface area contributed by atoms with Crippen LogP contribution in [0.1, 0.15) is 0 Å². The van der Waals surface area contributed by atoms with Gasteiger partial charge >= 0.3 is 5.69 Å². The Balaban J connectivity index is 1.92. The van der Waals surface area contributed by atoms with E-state index in [0.29, 0.717) is 22.0 Å². The van der Waals surface area contributed by atoms with E-state index in [1.165, 1.54) is 11.6 Å². The predicted octanol–water partition coefficient (Wildman–Crippen LogP) is 3.00. The Morgan fingerprint density at radius 3 is 2.26 bits per heavy atom. The number of fused-ring (bicyclic) bond motifs is 3. The van der Waals surface area contributed by atoms with Gasteiger partial charge in [0.1, 0.15) is 5.75 Å². The summed E-state index contributed by atoms with van der Waals surface area (Å²) < 4.78 is 11.4. The molecule has 3 aromatic heterocycles. The zero-order valence-electron chi connectivity index (χ0n) is 17.0. The van der Waals surface area contributed by atoms with Gasteiger partial charge in [-0.15, -0.1) is 0 Å². The molecule has 5 aromatic rings. The lowest BCUT2D eigenvalue weighted by Gasteiger charge is -2.10. The fourth-order valence-electron chi connectivity index (χ4n) is 3.78. The van der Waals surface area contributed by atoms with Crippen molar-refractivity contribution in [1.29, 1.82) is 0 Å². The number of rotatable bonds is 3. The molecule has 8 nitrogen and oxygen atoms in total. The smallest absolute Gasteiger partial charge is 0.332 e. The molecule has 0 saturated carbocycles. The molecule has 0 amide bonds. The first-order valence-corrected chi connectivity index (χ1v) is 9.88. The minimum Gasteiger partial charge on any atom is -0.497 e. The molecule has 2 aromatic carbocycles. The lowest BCUT2D eigenvalue weighted by molar-refractivity contribution is 0.415. The Kier molecular flexibility index (Phi) is 4.26. The van der Waals surface area contributed by atoms with Crippen molar-refractivity contribution in [2.75, 3.05) is 7.11 Å². The molecule has 0 spiro atoms. The van der Waals surface area contributed by atoms with E-state index in [0.717, 1.165) is 27.3 Å². The third kappa shape index (κ3) is 2.79. The Hall–Kier alpha value is -3.78. The summed E-state index contributed by atoms with van der Waals surface area (Å²) in [5.74, 6) is 1.26. The summed E-state index contributed by atoms with van der Waals surface area (Å²) in [5.41, 5.74) is 2.39. The molecule has 9 heteroatoms. The summed E-state index contributed by atoms with van der Waals surface area (Å²) in [4.78, 5) is 30.0. The van der Waals surface area contributed by atoms with E-state index in [2.05, 4.69) is 4.98 Å². The van der Waals surface area contributed by atoms with Crippen molar-refractivity contribution in [3.63, 3.8) is 0 Å². The van der Waals surface area contributed by atoms with Gasteiger partial charge in [0.2, 0.25) is 5.78 Å². The van der Waals surface area contributed by atoms with Crippen molar-refractivity contribution < 1.29 is 4.74 Å². The summed E-state index contributed by atoms with van der Waals surface area (Å²) in [5, 5.41) is 0.614. The van der Waals surface area contributed by atoms with Gasteiger partial charge in [-0.2, -0.15) is 4.98 Å². The SMILES string of the molecule is COc1ccc(-c2cn3c4c(=O)n(C)c(=O)n(C)c4nc3n2-c2ccc(Cl)cc2)cc1. The van der Waals surface area contributed by atoms with Crippen LogP contribution in [0.4, 0.5) is 0 Å². The predicted molar refractivity (Wildman–Crippen MR) is 120 cm³/mol. The summed E-state index contributed by atoms with van der Waals surface area (Å²) in [6.07, 6.45) is 1.85. The third-order valence-corrected chi connectivity index (χ3v) is 5.69. The van der Waals surface area contributed by atoms with Crippen LogP contribution < -0.4 is 16.0 Å². The van der Waals surface area contributed by atoms with Crippen LogP contribution in [0.25, 0.3) is 33.9 Å². The van der Waals surface area contributed by atoms with Crippen LogP contribution in [0.15, 0.2) is 64.3 Å². The van der Waals surface area contributed by atoms with Crippen molar-refractivity contribution >= 4 is 28.5 Å². The molecule has 0 atom stereocenters. The van der Waals surface area contributed by atoms with Crippen LogP contribution in [0.3, 0.4) is 0 Å². The first-order valence-electron chi connectivity index (χ1n) is 9.50. The van der Waals surface area contributed by atoms with E-state index in [1.54, 1.807) is 30.7 Å². The second-order valence-electron chi connectivity index (χ2n) is 7.21. The quantitative estimate of drug-likeness (QED) is 0.436. The minimum atomic E-state index is -0.424. The Morgan fingerprint density at radius 2 is 1.61 bits per heavy atom. The van der Waals surface area contributed by atoms with Crippen LogP contribution in [-0.4, -0.2) is 30.2 Å². The lowest BCUT2D eigenvalue weighted by Crippen LogP contribution is -2.37. The molecule has 0 unspecified atom stereocenters. The molecule has 0 radical (unpaired) electrons. The van der Waals surface area contributed by atoms with Gasteiger partial charge in [-0.3, -0.25) is 22.9 Å². The van der Waals surface area contributed by atoms with E-state index in [-0.39, 0.29) is 0 Å². The molecule has 0 aliphatic carbocycles. The second-order valence-corrected chi connectivity index (χ2v) is 7.65.